The second-order valence-electron chi connectivity index (χ2n) is 6.87. The maximum Gasteiger partial charge on any atom is 0.251 e. The van der Waals surface area contributed by atoms with E-state index in [2.05, 4.69) is 14.9 Å². The molecule has 1 N–H and O–H groups in total. The van der Waals surface area contributed by atoms with Gasteiger partial charge in [-0.3, -0.25) is 14.7 Å². The average Bonchev–Trinajstić information content (AvgIpc) is 2.70. The number of aromatic amines is 1. The largest absolute Gasteiger partial charge is 0.306 e. The first-order valence-electron chi connectivity index (χ1n) is 9.19. The number of nitrogens with zero attached hydrogens (tertiary/aromatic N) is 3. The van der Waals surface area contributed by atoms with E-state index in [0.29, 0.717) is 12.4 Å². The van der Waals surface area contributed by atoms with Crippen LogP contribution in [0.5, 0.6) is 0 Å². The fourth-order valence-corrected chi connectivity index (χ4v) is 3.63. The monoisotopic (exact) mass is 364 g/mol. The zero-order valence-electron chi connectivity index (χ0n) is 14.9. The number of pyridine rings is 1. The van der Waals surface area contributed by atoms with Gasteiger partial charge in [0, 0.05) is 30.6 Å². The number of H-pyrrole nitrogens is 1. The van der Waals surface area contributed by atoms with Gasteiger partial charge in [0.1, 0.15) is 11.6 Å². The lowest BCUT2D eigenvalue weighted by molar-refractivity contribution is 0.137. The van der Waals surface area contributed by atoms with Gasteiger partial charge < -0.3 is 4.98 Å². The zero-order valence-corrected chi connectivity index (χ0v) is 14.9. The van der Waals surface area contributed by atoms with Crippen molar-refractivity contribution in [3.8, 4) is 11.4 Å². The van der Waals surface area contributed by atoms with Crippen LogP contribution < -0.4 is 5.56 Å². The third-order valence-corrected chi connectivity index (χ3v) is 4.95. The van der Waals surface area contributed by atoms with Crippen molar-refractivity contribution in [1.82, 2.24) is 19.9 Å². The minimum absolute atomic E-state index is 0.0709. The van der Waals surface area contributed by atoms with Crippen molar-refractivity contribution >= 4 is 0 Å². The van der Waals surface area contributed by atoms with Crippen LogP contribution in [0.3, 0.4) is 0 Å². The van der Waals surface area contributed by atoms with E-state index >= 15 is 0 Å². The Bertz CT molecular complexity index is 956. The van der Waals surface area contributed by atoms with Crippen LogP contribution in [-0.2, 0) is 6.54 Å². The third kappa shape index (κ3) is 4.11. The highest BCUT2D eigenvalue weighted by Gasteiger charge is 2.26. The van der Waals surface area contributed by atoms with Gasteiger partial charge in [0.15, 0.2) is 0 Å². The van der Waals surface area contributed by atoms with E-state index < -0.39 is 0 Å². The van der Waals surface area contributed by atoms with Crippen molar-refractivity contribution in [2.75, 3.05) is 6.54 Å². The molecular weight excluding hydrogens is 343 g/mol. The summed E-state index contributed by atoms with van der Waals surface area (Å²) in [6.45, 7) is 1.64. The van der Waals surface area contributed by atoms with E-state index in [1.807, 2.05) is 24.3 Å². The normalized spacial score (nSPS) is 17.7. The number of benzene rings is 1. The number of aromatic nitrogens is 3. The molecule has 0 saturated carbocycles. The number of likely N-dealkylation sites (tertiary alicyclic amines) is 1. The van der Waals surface area contributed by atoms with Gasteiger partial charge in [-0.15, -0.1) is 0 Å². The second kappa shape index (κ2) is 7.80. The molecular formula is C21H21FN4O. The highest BCUT2D eigenvalue weighted by molar-refractivity contribution is 5.52. The molecule has 1 atom stereocenters. The third-order valence-electron chi connectivity index (χ3n) is 4.95. The van der Waals surface area contributed by atoms with E-state index in [0.717, 1.165) is 42.6 Å². The van der Waals surface area contributed by atoms with Gasteiger partial charge in [0.05, 0.1) is 11.7 Å². The number of rotatable bonds is 4. The molecule has 4 rings (SSSR count). The van der Waals surface area contributed by atoms with Gasteiger partial charge in [-0.1, -0.05) is 18.6 Å². The summed E-state index contributed by atoms with van der Waals surface area (Å²) in [5, 5.41) is 0. The molecule has 5 nitrogen and oxygen atoms in total. The molecule has 0 spiro atoms. The molecule has 27 heavy (non-hydrogen) atoms. The first kappa shape index (κ1) is 17.5. The molecule has 1 aromatic carbocycles. The molecule has 0 aliphatic carbocycles. The number of halogens is 1. The van der Waals surface area contributed by atoms with Crippen LogP contribution in [0, 0.1) is 5.82 Å². The number of piperidine rings is 1. The maximum atomic E-state index is 13.2. The first-order valence-corrected chi connectivity index (χ1v) is 9.19. The summed E-state index contributed by atoms with van der Waals surface area (Å²) >= 11 is 0. The summed E-state index contributed by atoms with van der Waals surface area (Å²) in [6, 6.07) is 12.0. The van der Waals surface area contributed by atoms with Gasteiger partial charge in [0.25, 0.3) is 5.56 Å². The summed E-state index contributed by atoms with van der Waals surface area (Å²) in [5.74, 6) is 0.309. The molecule has 0 radical (unpaired) electrons. The van der Waals surface area contributed by atoms with E-state index in [-0.39, 0.29) is 17.4 Å². The molecule has 0 unspecified atom stereocenters. The summed E-state index contributed by atoms with van der Waals surface area (Å²) < 4.78 is 13.2. The van der Waals surface area contributed by atoms with Crippen LogP contribution in [0.2, 0.25) is 0 Å². The van der Waals surface area contributed by atoms with Gasteiger partial charge in [-0.25, -0.2) is 9.37 Å². The Morgan fingerprint density at radius 1 is 1.19 bits per heavy atom. The van der Waals surface area contributed by atoms with E-state index in [1.165, 1.54) is 12.1 Å². The predicted octanol–water partition coefficient (Wildman–Crippen LogP) is 3.70. The molecule has 138 valence electrons. The van der Waals surface area contributed by atoms with Crippen molar-refractivity contribution in [2.45, 2.75) is 31.8 Å². The minimum atomic E-state index is -0.230. The van der Waals surface area contributed by atoms with Crippen LogP contribution in [0.4, 0.5) is 4.39 Å². The van der Waals surface area contributed by atoms with E-state index in [4.69, 9.17) is 4.98 Å². The molecule has 1 fully saturated rings. The van der Waals surface area contributed by atoms with Crippen LogP contribution in [0.15, 0.2) is 59.7 Å². The summed E-state index contributed by atoms with van der Waals surface area (Å²) in [4.78, 5) is 26.2. The van der Waals surface area contributed by atoms with Crippen LogP contribution in [-0.4, -0.2) is 26.4 Å². The molecule has 3 heterocycles. The molecule has 3 aromatic rings. The Morgan fingerprint density at radius 3 is 2.81 bits per heavy atom. The number of nitrogens with one attached hydrogen (secondary N) is 1. The Balaban J connectivity index is 1.64. The molecule has 1 saturated heterocycles. The van der Waals surface area contributed by atoms with E-state index in [1.54, 1.807) is 18.5 Å². The number of hydrogen-bond donors (Lipinski definition) is 1. The zero-order chi connectivity index (χ0) is 18.6. The van der Waals surface area contributed by atoms with E-state index in [9.17, 15) is 9.18 Å². The van der Waals surface area contributed by atoms with Crippen molar-refractivity contribution in [1.29, 1.82) is 0 Å². The first-order chi connectivity index (χ1) is 13.2. The molecule has 0 bridgehead atoms. The van der Waals surface area contributed by atoms with Gasteiger partial charge >= 0.3 is 0 Å². The molecule has 2 aromatic heterocycles. The van der Waals surface area contributed by atoms with Gasteiger partial charge in [0.2, 0.25) is 0 Å². The quantitative estimate of drug-likeness (QED) is 0.767. The fraction of sp³-hybridized carbons (Fsp3) is 0.286. The SMILES string of the molecule is O=c1cc([C@H]2CCCCN2Cc2ccc(F)cc2)nc(-c2cccnc2)[nH]1. The van der Waals surface area contributed by atoms with Crippen molar-refractivity contribution < 1.29 is 4.39 Å². The number of hydrogen-bond acceptors (Lipinski definition) is 4. The van der Waals surface area contributed by atoms with Crippen molar-refractivity contribution in [3.05, 3.63) is 82.3 Å². The molecule has 6 heteroatoms. The highest BCUT2D eigenvalue weighted by Crippen LogP contribution is 2.31. The highest BCUT2D eigenvalue weighted by atomic mass is 19.1. The van der Waals surface area contributed by atoms with Crippen LogP contribution >= 0.6 is 0 Å². The fourth-order valence-electron chi connectivity index (χ4n) is 3.63. The van der Waals surface area contributed by atoms with Crippen molar-refractivity contribution in [3.63, 3.8) is 0 Å². The summed E-state index contributed by atoms with van der Waals surface area (Å²) in [6.07, 6.45) is 6.54. The average molecular weight is 364 g/mol. The van der Waals surface area contributed by atoms with Crippen LogP contribution in [0.25, 0.3) is 11.4 Å². The standard InChI is InChI=1S/C21H21FN4O/c22-17-8-6-15(7-9-17)14-26-11-2-1-5-19(26)18-12-20(27)25-21(24-18)16-4-3-10-23-13-16/h3-4,6-10,12-13,19H,1-2,5,11,14H2,(H,24,25,27)/t19-/m1/s1. The molecule has 0 amide bonds. The second-order valence-corrected chi connectivity index (χ2v) is 6.87. The molecule has 1 aliphatic rings. The Labute approximate surface area is 156 Å². The van der Waals surface area contributed by atoms with Crippen LogP contribution in [0.1, 0.15) is 36.6 Å². The van der Waals surface area contributed by atoms with Crippen molar-refractivity contribution in [2.24, 2.45) is 0 Å². The maximum absolute atomic E-state index is 13.2. The van der Waals surface area contributed by atoms with Gasteiger partial charge in [-0.05, 0) is 49.2 Å². The lowest BCUT2D eigenvalue weighted by Gasteiger charge is -2.35. The van der Waals surface area contributed by atoms with Gasteiger partial charge in [-0.2, -0.15) is 0 Å². The molecule has 1 aliphatic heterocycles. The lowest BCUT2D eigenvalue weighted by atomic mass is 9.98. The minimum Gasteiger partial charge on any atom is -0.306 e. The Morgan fingerprint density at radius 2 is 2.04 bits per heavy atom. The smallest absolute Gasteiger partial charge is 0.251 e. The Hall–Kier alpha value is -2.86. The summed E-state index contributed by atoms with van der Waals surface area (Å²) in [5.41, 5.74) is 2.46. The topological polar surface area (TPSA) is 61.9 Å². The predicted molar refractivity (Wildman–Crippen MR) is 101 cm³/mol. The summed E-state index contributed by atoms with van der Waals surface area (Å²) in [7, 11) is 0. The Kier molecular flexibility index (Phi) is 5.07. The lowest BCUT2D eigenvalue weighted by Crippen LogP contribution is -2.34.